The van der Waals surface area contributed by atoms with Crippen molar-refractivity contribution < 1.29 is 9.84 Å². The number of benzene rings is 2. The topological polar surface area (TPSA) is 29.5 Å². The molecule has 0 heterocycles. The molecule has 22 heavy (non-hydrogen) atoms. The maximum absolute atomic E-state index is 10.7. The standard InChI is InChI=1S/C20H26O2/c1-5-6-7-16-8-10-17(11-9-16)20(21)18-12-13-19(22-4)15(3)14(18)2/h8-13,20-21H,5-7H2,1-4H3. The summed E-state index contributed by atoms with van der Waals surface area (Å²) >= 11 is 0. The molecular formula is C20H26O2. The Morgan fingerprint density at radius 2 is 1.68 bits per heavy atom. The summed E-state index contributed by atoms with van der Waals surface area (Å²) in [5, 5.41) is 10.7. The Kier molecular flexibility index (Phi) is 5.62. The molecule has 2 aromatic rings. The highest BCUT2D eigenvalue weighted by Gasteiger charge is 2.15. The third-order valence-corrected chi connectivity index (χ3v) is 4.41. The van der Waals surface area contributed by atoms with Crippen molar-refractivity contribution in [2.75, 3.05) is 7.11 Å². The maximum Gasteiger partial charge on any atom is 0.122 e. The van der Waals surface area contributed by atoms with Crippen LogP contribution in [0.3, 0.4) is 0 Å². The molecule has 0 aliphatic rings. The highest BCUT2D eigenvalue weighted by Crippen LogP contribution is 2.31. The molecular weight excluding hydrogens is 272 g/mol. The molecule has 1 atom stereocenters. The van der Waals surface area contributed by atoms with E-state index in [9.17, 15) is 5.11 Å². The van der Waals surface area contributed by atoms with Gasteiger partial charge < -0.3 is 9.84 Å². The van der Waals surface area contributed by atoms with Gasteiger partial charge in [0.2, 0.25) is 0 Å². The first kappa shape index (κ1) is 16.6. The van der Waals surface area contributed by atoms with Gasteiger partial charge in [-0.25, -0.2) is 0 Å². The smallest absolute Gasteiger partial charge is 0.122 e. The first-order valence-corrected chi connectivity index (χ1v) is 7.99. The first-order valence-electron chi connectivity index (χ1n) is 7.99. The number of aliphatic hydroxyl groups is 1. The van der Waals surface area contributed by atoms with Gasteiger partial charge in [0.15, 0.2) is 0 Å². The van der Waals surface area contributed by atoms with Gasteiger partial charge in [0.1, 0.15) is 11.9 Å². The summed E-state index contributed by atoms with van der Waals surface area (Å²) < 4.78 is 5.34. The van der Waals surface area contributed by atoms with Gasteiger partial charge >= 0.3 is 0 Å². The van der Waals surface area contributed by atoms with E-state index in [4.69, 9.17) is 4.74 Å². The lowest BCUT2D eigenvalue weighted by Gasteiger charge is -2.18. The summed E-state index contributed by atoms with van der Waals surface area (Å²) in [6.45, 7) is 6.26. The predicted molar refractivity (Wildman–Crippen MR) is 91.6 cm³/mol. The zero-order chi connectivity index (χ0) is 16.1. The summed E-state index contributed by atoms with van der Waals surface area (Å²) in [5.74, 6) is 0.864. The van der Waals surface area contributed by atoms with Crippen molar-refractivity contribution in [3.8, 4) is 5.75 Å². The summed E-state index contributed by atoms with van der Waals surface area (Å²) in [7, 11) is 1.67. The fraction of sp³-hybridized carbons (Fsp3) is 0.400. The molecule has 0 fully saturated rings. The lowest BCUT2D eigenvalue weighted by Crippen LogP contribution is -2.04. The van der Waals surface area contributed by atoms with E-state index in [1.54, 1.807) is 7.11 Å². The number of hydrogen-bond acceptors (Lipinski definition) is 2. The first-order chi connectivity index (χ1) is 10.6. The van der Waals surface area contributed by atoms with Crippen LogP contribution in [0.2, 0.25) is 0 Å². The number of aryl methyl sites for hydroxylation is 1. The van der Waals surface area contributed by atoms with Gasteiger partial charge in [-0.15, -0.1) is 0 Å². The van der Waals surface area contributed by atoms with Crippen molar-refractivity contribution in [1.29, 1.82) is 0 Å². The fourth-order valence-electron chi connectivity index (χ4n) is 2.76. The zero-order valence-corrected chi connectivity index (χ0v) is 14.0. The molecule has 1 N–H and O–H groups in total. The number of methoxy groups -OCH3 is 1. The molecule has 2 nitrogen and oxygen atoms in total. The molecule has 0 spiro atoms. The van der Waals surface area contributed by atoms with Crippen LogP contribution >= 0.6 is 0 Å². The van der Waals surface area contributed by atoms with Gasteiger partial charge in [0.25, 0.3) is 0 Å². The van der Waals surface area contributed by atoms with Crippen LogP contribution in [0.5, 0.6) is 5.75 Å². The van der Waals surface area contributed by atoms with Gasteiger partial charge in [-0.1, -0.05) is 43.7 Å². The second kappa shape index (κ2) is 7.46. The number of ether oxygens (including phenoxy) is 1. The molecule has 0 saturated heterocycles. The number of rotatable bonds is 6. The van der Waals surface area contributed by atoms with E-state index in [1.807, 2.05) is 38.1 Å². The Hall–Kier alpha value is -1.80. The van der Waals surface area contributed by atoms with Crippen LogP contribution in [0.25, 0.3) is 0 Å². The van der Waals surface area contributed by atoms with E-state index in [0.29, 0.717) is 0 Å². The van der Waals surface area contributed by atoms with Crippen molar-refractivity contribution in [2.45, 2.75) is 46.1 Å². The van der Waals surface area contributed by atoms with Crippen LogP contribution in [0.4, 0.5) is 0 Å². The molecule has 2 aromatic carbocycles. The fourth-order valence-corrected chi connectivity index (χ4v) is 2.76. The van der Waals surface area contributed by atoms with E-state index >= 15 is 0 Å². The quantitative estimate of drug-likeness (QED) is 0.835. The average Bonchev–Trinajstić information content (AvgIpc) is 2.55. The summed E-state index contributed by atoms with van der Waals surface area (Å²) in [5.41, 5.74) is 5.38. The van der Waals surface area contributed by atoms with Crippen LogP contribution in [-0.2, 0) is 6.42 Å². The average molecular weight is 298 g/mol. The van der Waals surface area contributed by atoms with Crippen LogP contribution in [0, 0.1) is 13.8 Å². The molecule has 0 aliphatic heterocycles. The second-order valence-electron chi connectivity index (χ2n) is 5.85. The van der Waals surface area contributed by atoms with E-state index in [-0.39, 0.29) is 0 Å². The minimum absolute atomic E-state index is 0.593. The number of unbranched alkanes of at least 4 members (excludes halogenated alkanes) is 1. The maximum atomic E-state index is 10.7. The number of aliphatic hydroxyl groups excluding tert-OH is 1. The van der Waals surface area contributed by atoms with Gasteiger partial charge in [0.05, 0.1) is 7.11 Å². The van der Waals surface area contributed by atoms with E-state index in [2.05, 4.69) is 19.1 Å². The highest BCUT2D eigenvalue weighted by molar-refractivity contribution is 5.46. The van der Waals surface area contributed by atoms with Crippen molar-refractivity contribution in [2.24, 2.45) is 0 Å². The molecule has 0 radical (unpaired) electrons. The lowest BCUT2D eigenvalue weighted by atomic mass is 9.93. The monoisotopic (exact) mass is 298 g/mol. The third kappa shape index (κ3) is 3.50. The Bertz CT molecular complexity index is 614. The Balaban J connectivity index is 2.24. The molecule has 0 aliphatic carbocycles. The molecule has 0 aromatic heterocycles. The third-order valence-electron chi connectivity index (χ3n) is 4.41. The summed E-state index contributed by atoms with van der Waals surface area (Å²) in [6, 6.07) is 12.2. The molecule has 2 heteroatoms. The van der Waals surface area contributed by atoms with E-state index < -0.39 is 6.10 Å². The van der Waals surface area contributed by atoms with Gasteiger partial charge in [0, 0.05) is 0 Å². The molecule has 1 unspecified atom stereocenters. The molecule has 118 valence electrons. The Morgan fingerprint density at radius 3 is 2.27 bits per heavy atom. The molecule has 0 saturated carbocycles. The van der Waals surface area contributed by atoms with Crippen LogP contribution < -0.4 is 4.74 Å². The minimum atomic E-state index is -0.593. The number of hydrogen-bond donors (Lipinski definition) is 1. The minimum Gasteiger partial charge on any atom is -0.496 e. The van der Waals surface area contributed by atoms with Crippen molar-refractivity contribution in [1.82, 2.24) is 0 Å². The molecule has 0 bridgehead atoms. The second-order valence-corrected chi connectivity index (χ2v) is 5.85. The Morgan fingerprint density at radius 1 is 1.00 bits per heavy atom. The van der Waals surface area contributed by atoms with E-state index in [1.165, 1.54) is 18.4 Å². The zero-order valence-electron chi connectivity index (χ0n) is 14.0. The van der Waals surface area contributed by atoms with Crippen molar-refractivity contribution in [3.63, 3.8) is 0 Å². The summed E-state index contributed by atoms with van der Waals surface area (Å²) in [6.07, 6.45) is 2.92. The largest absolute Gasteiger partial charge is 0.496 e. The summed E-state index contributed by atoms with van der Waals surface area (Å²) in [4.78, 5) is 0. The lowest BCUT2D eigenvalue weighted by molar-refractivity contribution is 0.219. The van der Waals surface area contributed by atoms with E-state index in [0.717, 1.165) is 34.4 Å². The van der Waals surface area contributed by atoms with Crippen LogP contribution in [0.15, 0.2) is 36.4 Å². The van der Waals surface area contributed by atoms with Crippen molar-refractivity contribution in [3.05, 3.63) is 64.2 Å². The van der Waals surface area contributed by atoms with Gasteiger partial charge in [-0.2, -0.15) is 0 Å². The van der Waals surface area contributed by atoms with Crippen LogP contribution in [-0.4, -0.2) is 12.2 Å². The SMILES string of the molecule is CCCCc1ccc(C(O)c2ccc(OC)c(C)c2C)cc1. The van der Waals surface area contributed by atoms with Gasteiger partial charge in [-0.05, 0) is 60.6 Å². The molecule has 2 rings (SSSR count). The van der Waals surface area contributed by atoms with Crippen molar-refractivity contribution >= 4 is 0 Å². The normalized spacial score (nSPS) is 12.2. The van der Waals surface area contributed by atoms with Crippen LogP contribution in [0.1, 0.15) is 53.7 Å². The molecule has 0 amide bonds. The van der Waals surface area contributed by atoms with Gasteiger partial charge in [-0.3, -0.25) is 0 Å². The predicted octanol–water partition coefficient (Wildman–Crippen LogP) is 4.74. The highest BCUT2D eigenvalue weighted by atomic mass is 16.5. The Labute approximate surface area is 133 Å².